The zero-order valence-corrected chi connectivity index (χ0v) is 10.2. The van der Waals surface area contributed by atoms with E-state index in [1.807, 2.05) is 0 Å². The van der Waals surface area contributed by atoms with Gasteiger partial charge in [0.25, 0.3) is 0 Å². The fraction of sp³-hybridized carbons (Fsp3) is 0.333. The molecule has 3 N–H and O–H groups in total. The summed E-state index contributed by atoms with van der Waals surface area (Å²) >= 11 is 0. The highest BCUT2D eigenvalue weighted by atomic mass is 32.2. The lowest BCUT2D eigenvalue weighted by molar-refractivity contribution is 0.598. The second-order valence-corrected chi connectivity index (χ2v) is 6.10. The van der Waals surface area contributed by atoms with Gasteiger partial charge in [0.1, 0.15) is 0 Å². The van der Waals surface area contributed by atoms with Crippen LogP contribution in [0.1, 0.15) is 24.1 Å². The van der Waals surface area contributed by atoms with Crippen molar-refractivity contribution >= 4 is 20.9 Å². The number of nitrogens with two attached hydrogens (primary N) is 1. The van der Waals surface area contributed by atoms with Crippen LogP contribution in [0, 0.1) is 0 Å². The van der Waals surface area contributed by atoms with E-state index in [-0.39, 0.29) is 4.90 Å². The van der Waals surface area contributed by atoms with Gasteiger partial charge in [-0.05, 0) is 49.4 Å². The summed E-state index contributed by atoms with van der Waals surface area (Å²) in [5, 5.41) is 6.16. The van der Waals surface area contributed by atoms with E-state index in [9.17, 15) is 8.42 Å². The van der Waals surface area contributed by atoms with Gasteiger partial charge >= 0.3 is 0 Å². The van der Waals surface area contributed by atoms with Crippen LogP contribution in [0.25, 0.3) is 10.9 Å². The molecule has 0 saturated heterocycles. The SMILES string of the molecule is NS(=O)(=O)c1ccc2[nH]c3c(c2c1)CCCC3. The lowest BCUT2D eigenvalue weighted by atomic mass is 9.96. The third kappa shape index (κ3) is 1.75. The number of aromatic nitrogens is 1. The Kier molecular flexibility index (Phi) is 2.27. The van der Waals surface area contributed by atoms with Crippen molar-refractivity contribution in [1.29, 1.82) is 0 Å². The largest absolute Gasteiger partial charge is 0.358 e. The molecule has 90 valence electrons. The van der Waals surface area contributed by atoms with E-state index in [1.54, 1.807) is 18.2 Å². The Bertz CT molecular complexity index is 686. The van der Waals surface area contributed by atoms with Crippen LogP contribution in [0.15, 0.2) is 23.1 Å². The molecule has 0 spiro atoms. The molecule has 0 atom stereocenters. The molecule has 5 heteroatoms. The van der Waals surface area contributed by atoms with Crippen molar-refractivity contribution in [1.82, 2.24) is 4.98 Å². The molecule has 17 heavy (non-hydrogen) atoms. The zero-order valence-electron chi connectivity index (χ0n) is 9.36. The van der Waals surface area contributed by atoms with Crippen molar-refractivity contribution < 1.29 is 8.42 Å². The van der Waals surface area contributed by atoms with Crippen LogP contribution in [-0.2, 0) is 22.9 Å². The molecule has 4 nitrogen and oxygen atoms in total. The molecule has 0 amide bonds. The average Bonchev–Trinajstić information content (AvgIpc) is 2.65. The third-order valence-electron chi connectivity index (χ3n) is 3.40. The highest BCUT2D eigenvalue weighted by molar-refractivity contribution is 7.89. The normalized spacial score (nSPS) is 16.1. The van der Waals surface area contributed by atoms with Crippen molar-refractivity contribution in [3.63, 3.8) is 0 Å². The van der Waals surface area contributed by atoms with Gasteiger partial charge in [0.2, 0.25) is 10.0 Å². The molecular weight excluding hydrogens is 236 g/mol. The highest BCUT2D eigenvalue weighted by Gasteiger charge is 2.17. The molecule has 0 unspecified atom stereocenters. The van der Waals surface area contributed by atoms with Gasteiger partial charge in [-0.2, -0.15) is 0 Å². The van der Waals surface area contributed by atoms with Crippen LogP contribution < -0.4 is 5.14 Å². The van der Waals surface area contributed by atoms with Crippen molar-refractivity contribution in [3.05, 3.63) is 29.5 Å². The van der Waals surface area contributed by atoms with Gasteiger partial charge < -0.3 is 4.98 Å². The Morgan fingerprint density at radius 1 is 1.18 bits per heavy atom. The molecular formula is C12H14N2O2S. The number of primary sulfonamides is 1. The van der Waals surface area contributed by atoms with E-state index < -0.39 is 10.0 Å². The maximum Gasteiger partial charge on any atom is 0.238 e. The molecule has 0 bridgehead atoms. The Morgan fingerprint density at radius 2 is 1.94 bits per heavy atom. The van der Waals surface area contributed by atoms with Gasteiger partial charge in [0, 0.05) is 16.6 Å². The lowest BCUT2D eigenvalue weighted by Gasteiger charge is -2.10. The van der Waals surface area contributed by atoms with Crippen molar-refractivity contribution in [3.8, 4) is 0 Å². The molecule has 1 aliphatic carbocycles. The van der Waals surface area contributed by atoms with E-state index >= 15 is 0 Å². The van der Waals surface area contributed by atoms with Gasteiger partial charge in [-0.3, -0.25) is 0 Å². The van der Waals surface area contributed by atoms with Gasteiger partial charge in [-0.25, -0.2) is 13.6 Å². The number of nitrogens with one attached hydrogen (secondary N) is 1. The van der Waals surface area contributed by atoms with Crippen molar-refractivity contribution in [2.24, 2.45) is 5.14 Å². The van der Waals surface area contributed by atoms with Gasteiger partial charge in [0.15, 0.2) is 0 Å². The van der Waals surface area contributed by atoms with Gasteiger partial charge in [-0.1, -0.05) is 0 Å². The van der Waals surface area contributed by atoms with Crippen LogP contribution in [0.3, 0.4) is 0 Å². The molecule has 1 heterocycles. The number of aromatic amines is 1. The summed E-state index contributed by atoms with van der Waals surface area (Å²) in [4.78, 5) is 3.55. The second-order valence-electron chi connectivity index (χ2n) is 4.54. The van der Waals surface area contributed by atoms with Crippen LogP contribution in [0.5, 0.6) is 0 Å². The minimum atomic E-state index is -3.61. The van der Waals surface area contributed by atoms with Crippen molar-refractivity contribution in [2.45, 2.75) is 30.6 Å². The van der Waals surface area contributed by atoms with Crippen LogP contribution in [0.4, 0.5) is 0 Å². The lowest BCUT2D eigenvalue weighted by Crippen LogP contribution is -2.11. The summed E-state index contributed by atoms with van der Waals surface area (Å²) in [5.41, 5.74) is 3.51. The first-order valence-electron chi connectivity index (χ1n) is 5.72. The second kappa shape index (κ2) is 3.58. The molecule has 1 aliphatic rings. The van der Waals surface area contributed by atoms with Crippen LogP contribution >= 0.6 is 0 Å². The summed E-state index contributed by atoms with van der Waals surface area (Å²) in [7, 11) is -3.61. The topological polar surface area (TPSA) is 76.0 Å². The Morgan fingerprint density at radius 3 is 2.71 bits per heavy atom. The summed E-state index contributed by atoms with van der Waals surface area (Å²) in [6.07, 6.45) is 4.43. The molecule has 3 rings (SSSR count). The highest BCUT2D eigenvalue weighted by Crippen LogP contribution is 2.30. The number of benzene rings is 1. The summed E-state index contributed by atoms with van der Waals surface area (Å²) in [6, 6.07) is 5.04. The van der Waals surface area contributed by atoms with E-state index in [0.717, 1.165) is 23.7 Å². The van der Waals surface area contributed by atoms with E-state index in [0.29, 0.717) is 0 Å². The Hall–Kier alpha value is -1.33. The molecule has 1 aromatic carbocycles. The number of hydrogen-bond acceptors (Lipinski definition) is 2. The minimum absolute atomic E-state index is 0.192. The quantitative estimate of drug-likeness (QED) is 0.808. The summed E-state index contributed by atoms with van der Waals surface area (Å²) in [5.74, 6) is 0. The molecule has 0 aliphatic heterocycles. The number of H-pyrrole nitrogens is 1. The summed E-state index contributed by atoms with van der Waals surface area (Å²) in [6.45, 7) is 0. The fourth-order valence-corrected chi connectivity index (χ4v) is 3.10. The monoisotopic (exact) mass is 250 g/mol. The van der Waals surface area contributed by atoms with E-state index in [1.165, 1.54) is 24.1 Å². The van der Waals surface area contributed by atoms with Gasteiger partial charge in [-0.15, -0.1) is 0 Å². The average molecular weight is 250 g/mol. The molecule has 0 fully saturated rings. The molecule has 0 saturated carbocycles. The predicted molar refractivity (Wildman–Crippen MR) is 66.3 cm³/mol. The predicted octanol–water partition coefficient (Wildman–Crippen LogP) is 1.69. The van der Waals surface area contributed by atoms with Gasteiger partial charge in [0.05, 0.1) is 4.90 Å². The third-order valence-corrected chi connectivity index (χ3v) is 4.31. The first-order chi connectivity index (χ1) is 8.05. The minimum Gasteiger partial charge on any atom is -0.358 e. The zero-order chi connectivity index (χ0) is 12.0. The standard InChI is InChI=1S/C12H14N2O2S/c13-17(15,16)8-5-6-12-10(7-8)9-3-1-2-4-11(9)14-12/h5-7,14H,1-4H2,(H2,13,15,16). The van der Waals surface area contributed by atoms with E-state index in [4.69, 9.17) is 5.14 Å². The Labute approximate surface area is 99.9 Å². The molecule has 1 aromatic heterocycles. The fourth-order valence-electron chi connectivity index (χ4n) is 2.56. The number of hydrogen-bond donors (Lipinski definition) is 2. The molecule has 0 radical (unpaired) electrons. The smallest absolute Gasteiger partial charge is 0.238 e. The van der Waals surface area contributed by atoms with E-state index in [2.05, 4.69) is 4.98 Å². The first kappa shape index (κ1) is 10.8. The maximum absolute atomic E-state index is 11.3. The number of sulfonamides is 1. The van der Waals surface area contributed by atoms with Crippen LogP contribution in [-0.4, -0.2) is 13.4 Å². The number of fused-ring (bicyclic) bond motifs is 3. The van der Waals surface area contributed by atoms with Crippen molar-refractivity contribution in [2.75, 3.05) is 0 Å². The maximum atomic E-state index is 11.3. The first-order valence-corrected chi connectivity index (χ1v) is 7.26. The number of aryl methyl sites for hydroxylation is 2. The Balaban J connectivity index is 2.28. The molecule has 2 aromatic rings. The summed E-state index contributed by atoms with van der Waals surface area (Å²) < 4.78 is 22.7. The number of rotatable bonds is 1. The van der Waals surface area contributed by atoms with Crippen LogP contribution in [0.2, 0.25) is 0 Å².